The summed E-state index contributed by atoms with van der Waals surface area (Å²) in [6.45, 7) is 2.16. The maximum Gasteiger partial charge on any atom is 0.235 e. The van der Waals surface area contributed by atoms with Gasteiger partial charge in [0.2, 0.25) is 5.91 Å². The molecule has 1 fully saturated rings. The second-order valence-corrected chi connectivity index (χ2v) is 2.74. The Kier molecular flexibility index (Phi) is 2.24. The van der Waals surface area contributed by atoms with Crippen LogP contribution in [0.4, 0.5) is 0 Å². The van der Waals surface area contributed by atoms with Gasteiger partial charge in [-0.05, 0) is 6.42 Å². The minimum Gasteiger partial charge on any atom is -0.368 e. The lowest BCUT2D eigenvalue weighted by molar-refractivity contribution is -0.125. The van der Waals surface area contributed by atoms with Crippen molar-refractivity contribution >= 4 is 11.7 Å². The molecule has 1 aliphatic rings. The summed E-state index contributed by atoms with van der Waals surface area (Å²) in [5.74, 6) is -0.536. The van der Waals surface area contributed by atoms with Gasteiger partial charge in [0.15, 0.2) is 5.78 Å². The second-order valence-electron chi connectivity index (χ2n) is 2.74. The molecule has 0 bridgehead atoms. The first-order valence-electron chi connectivity index (χ1n) is 3.72. The van der Waals surface area contributed by atoms with E-state index in [-0.39, 0.29) is 18.2 Å². The lowest BCUT2D eigenvalue weighted by atomic mass is 9.96. The summed E-state index contributed by atoms with van der Waals surface area (Å²) < 4.78 is 0. The van der Waals surface area contributed by atoms with Gasteiger partial charge in [0.1, 0.15) is 0 Å². The van der Waals surface area contributed by atoms with E-state index >= 15 is 0 Å². The van der Waals surface area contributed by atoms with Crippen LogP contribution in [0.15, 0.2) is 0 Å². The Bertz CT molecular complexity index is 191. The molecule has 1 saturated heterocycles. The van der Waals surface area contributed by atoms with Crippen molar-refractivity contribution in [2.24, 2.45) is 11.7 Å². The Hall–Kier alpha value is -0.900. The molecule has 2 atom stereocenters. The quantitative estimate of drug-likeness (QED) is 0.540. The molecule has 4 nitrogen and oxygen atoms in total. The fourth-order valence-electron chi connectivity index (χ4n) is 1.43. The SMILES string of the molecule is CCC1C(=O)CNC1C(N)=O. The van der Waals surface area contributed by atoms with E-state index in [4.69, 9.17) is 5.73 Å². The van der Waals surface area contributed by atoms with Crippen LogP contribution in [-0.4, -0.2) is 24.3 Å². The van der Waals surface area contributed by atoms with Crippen LogP contribution in [0.1, 0.15) is 13.3 Å². The first-order chi connectivity index (χ1) is 5.16. The molecule has 4 heteroatoms. The molecule has 0 aliphatic carbocycles. The predicted molar refractivity (Wildman–Crippen MR) is 39.8 cm³/mol. The average Bonchev–Trinajstić information content (AvgIpc) is 2.30. The molecule has 1 aliphatic heterocycles. The van der Waals surface area contributed by atoms with Crippen molar-refractivity contribution < 1.29 is 9.59 Å². The average molecular weight is 156 g/mol. The van der Waals surface area contributed by atoms with Gasteiger partial charge in [0.25, 0.3) is 0 Å². The number of nitrogens with two attached hydrogens (primary N) is 1. The topological polar surface area (TPSA) is 72.2 Å². The number of amides is 1. The lowest BCUT2D eigenvalue weighted by Crippen LogP contribution is -2.40. The van der Waals surface area contributed by atoms with Crippen LogP contribution in [-0.2, 0) is 9.59 Å². The Morgan fingerprint density at radius 3 is 2.82 bits per heavy atom. The summed E-state index contributed by atoms with van der Waals surface area (Å²) >= 11 is 0. The van der Waals surface area contributed by atoms with Crippen molar-refractivity contribution in [3.63, 3.8) is 0 Å². The van der Waals surface area contributed by atoms with Gasteiger partial charge in [0, 0.05) is 5.92 Å². The summed E-state index contributed by atoms with van der Waals surface area (Å²) in [6, 6.07) is -0.438. The smallest absolute Gasteiger partial charge is 0.235 e. The molecule has 0 spiro atoms. The van der Waals surface area contributed by atoms with Gasteiger partial charge >= 0.3 is 0 Å². The number of nitrogens with one attached hydrogen (secondary N) is 1. The van der Waals surface area contributed by atoms with E-state index in [2.05, 4.69) is 5.32 Å². The zero-order valence-electron chi connectivity index (χ0n) is 6.46. The monoisotopic (exact) mass is 156 g/mol. The lowest BCUT2D eigenvalue weighted by Gasteiger charge is -2.11. The number of hydrogen-bond donors (Lipinski definition) is 2. The number of carbonyl (C=O) groups is 2. The highest BCUT2D eigenvalue weighted by Gasteiger charge is 2.36. The van der Waals surface area contributed by atoms with Gasteiger partial charge in [-0.15, -0.1) is 0 Å². The number of hydrogen-bond acceptors (Lipinski definition) is 3. The van der Waals surface area contributed by atoms with Crippen molar-refractivity contribution in [1.29, 1.82) is 0 Å². The zero-order valence-corrected chi connectivity index (χ0v) is 6.46. The van der Waals surface area contributed by atoms with Crippen LogP contribution >= 0.6 is 0 Å². The Balaban J connectivity index is 2.68. The van der Waals surface area contributed by atoms with Crippen LogP contribution in [0.25, 0.3) is 0 Å². The van der Waals surface area contributed by atoms with Crippen molar-refractivity contribution in [3.8, 4) is 0 Å². The normalized spacial score (nSPS) is 30.8. The van der Waals surface area contributed by atoms with Crippen LogP contribution in [0.5, 0.6) is 0 Å². The van der Waals surface area contributed by atoms with Crippen molar-refractivity contribution in [2.45, 2.75) is 19.4 Å². The summed E-state index contributed by atoms with van der Waals surface area (Å²) in [5.41, 5.74) is 5.07. The fraction of sp³-hybridized carbons (Fsp3) is 0.714. The number of primary amides is 1. The molecular weight excluding hydrogens is 144 g/mol. The first kappa shape index (κ1) is 8.20. The molecular formula is C7H12N2O2. The second kappa shape index (κ2) is 3.00. The number of ketones is 1. The molecule has 0 aromatic rings. The third-order valence-electron chi connectivity index (χ3n) is 2.06. The minimum absolute atomic E-state index is 0.0938. The first-order valence-corrected chi connectivity index (χ1v) is 3.72. The minimum atomic E-state index is -0.438. The van der Waals surface area contributed by atoms with E-state index in [0.29, 0.717) is 6.42 Å². The number of Topliss-reactive ketones (excluding diaryl/α,β-unsaturated/α-hetero) is 1. The van der Waals surface area contributed by atoms with E-state index in [0.717, 1.165) is 0 Å². The summed E-state index contributed by atoms with van der Waals surface area (Å²) in [6.07, 6.45) is 0.680. The molecule has 1 heterocycles. The molecule has 2 unspecified atom stereocenters. The van der Waals surface area contributed by atoms with Gasteiger partial charge in [-0.1, -0.05) is 6.92 Å². The highest BCUT2D eigenvalue weighted by molar-refractivity contribution is 5.94. The molecule has 0 aromatic carbocycles. The Morgan fingerprint density at radius 1 is 1.82 bits per heavy atom. The van der Waals surface area contributed by atoms with Crippen molar-refractivity contribution in [3.05, 3.63) is 0 Å². The molecule has 3 N–H and O–H groups in total. The molecule has 1 amide bonds. The summed E-state index contributed by atoms with van der Waals surface area (Å²) in [5, 5.41) is 2.78. The third kappa shape index (κ3) is 1.40. The van der Waals surface area contributed by atoms with Crippen molar-refractivity contribution in [1.82, 2.24) is 5.32 Å². The van der Waals surface area contributed by atoms with Crippen LogP contribution in [0.2, 0.25) is 0 Å². The van der Waals surface area contributed by atoms with E-state index < -0.39 is 11.9 Å². The highest BCUT2D eigenvalue weighted by Crippen LogP contribution is 2.14. The standard InChI is InChI=1S/C7H12N2O2/c1-2-4-5(10)3-9-6(4)7(8)11/h4,6,9H,2-3H2,1H3,(H2,8,11). The van der Waals surface area contributed by atoms with Gasteiger partial charge in [-0.3, -0.25) is 14.9 Å². The molecule has 0 saturated carbocycles. The largest absolute Gasteiger partial charge is 0.368 e. The highest BCUT2D eigenvalue weighted by atomic mass is 16.2. The van der Waals surface area contributed by atoms with E-state index in [1.807, 2.05) is 6.92 Å². The van der Waals surface area contributed by atoms with Crippen LogP contribution < -0.4 is 11.1 Å². The molecule has 62 valence electrons. The molecule has 1 rings (SSSR count). The van der Waals surface area contributed by atoms with E-state index in [1.165, 1.54) is 0 Å². The molecule has 11 heavy (non-hydrogen) atoms. The van der Waals surface area contributed by atoms with E-state index in [9.17, 15) is 9.59 Å². The van der Waals surface area contributed by atoms with Gasteiger partial charge in [-0.2, -0.15) is 0 Å². The predicted octanol–water partition coefficient (Wildman–Crippen LogP) is -0.961. The zero-order chi connectivity index (χ0) is 8.43. The summed E-state index contributed by atoms with van der Waals surface area (Å²) in [7, 11) is 0. The number of carbonyl (C=O) groups excluding carboxylic acids is 2. The van der Waals surface area contributed by atoms with Gasteiger partial charge < -0.3 is 5.73 Å². The van der Waals surface area contributed by atoms with E-state index in [1.54, 1.807) is 0 Å². The van der Waals surface area contributed by atoms with Crippen molar-refractivity contribution in [2.75, 3.05) is 6.54 Å². The molecule has 0 radical (unpaired) electrons. The Morgan fingerprint density at radius 2 is 2.45 bits per heavy atom. The van der Waals surface area contributed by atoms with Gasteiger partial charge in [0.05, 0.1) is 12.6 Å². The Labute approximate surface area is 65.1 Å². The summed E-state index contributed by atoms with van der Waals surface area (Å²) in [4.78, 5) is 21.8. The maximum atomic E-state index is 11.0. The van der Waals surface area contributed by atoms with Crippen LogP contribution in [0.3, 0.4) is 0 Å². The van der Waals surface area contributed by atoms with Gasteiger partial charge in [-0.25, -0.2) is 0 Å². The fourth-order valence-corrected chi connectivity index (χ4v) is 1.43. The maximum absolute atomic E-state index is 11.0. The molecule has 0 aromatic heterocycles. The van der Waals surface area contributed by atoms with Crippen LogP contribution in [0, 0.1) is 5.92 Å². The third-order valence-corrected chi connectivity index (χ3v) is 2.06. The number of rotatable bonds is 2.